The SMILES string of the molecule is CCCn1ncc(-c2ccc(C(F)(F)F)cc2N)c1C. The molecule has 1 aromatic heterocycles. The first-order valence-electron chi connectivity index (χ1n) is 6.34. The van der Waals surface area contributed by atoms with Crippen molar-refractivity contribution >= 4 is 5.69 Å². The minimum atomic E-state index is -4.38. The van der Waals surface area contributed by atoms with Crippen LogP contribution < -0.4 is 5.73 Å². The lowest BCUT2D eigenvalue weighted by Crippen LogP contribution is -2.06. The van der Waals surface area contributed by atoms with Crippen LogP contribution in [0.3, 0.4) is 0 Å². The fraction of sp³-hybridized carbons (Fsp3) is 0.357. The number of alkyl halides is 3. The molecule has 108 valence electrons. The number of nitrogens with two attached hydrogens (primary N) is 1. The van der Waals surface area contributed by atoms with E-state index >= 15 is 0 Å². The molecule has 0 amide bonds. The maximum absolute atomic E-state index is 12.6. The van der Waals surface area contributed by atoms with Gasteiger partial charge in [0.15, 0.2) is 0 Å². The normalized spacial score (nSPS) is 11.8. The van der Waals surface area contributed by atoms with Gasteiger partial charge in [-0.1, -0.05) is 13.0 Å². The molecule has 0 saturated carbocycles. The predicted octanol–water partition coefficient (Wildman–Crippen LogP) is 3.87. The molecule has 0 aliphatic carbocycles. The highest BCUT2D eigenvalue weighted by atomic mass is 19.4. The summed E-state index contributed by atoms with van der Waals surface area (Å²) in [7, 11) is 0. The third-order valence-electron chi connectivity index (χ3n) is 3.21. The second-order valence-corrected chi connectivity index (χ2v) is 4.67. The number of halogens is 3. The molecular formula is C14H16F3N3. The van der Waals surface area contributed by atoms with E-state index in [9.17, 15) is 13.2 Å². The maximum atomic E-state index is 12.6. The van der Waals surface area contributed by atoms with E-state index in [0.717, 1.165) is 36.4 Å². The average Bonchev–Trinajstić information content (AvgIpc) is 2.71. The van der Waals surface area contributed by atoms with Gasteiger partial charge in [-0.15, -0.1) is 0 Å². The Morgan fingerprint density at radius 2 is 1.95 bits per heavy atom. The highest BCUT2D eigenvalue weighted by Gasteiger charge is 2.31. The van der Waals surface area contributed by atoms with Crippen molar-refractivity contribution in [2.75, 3.05) is 5.73 Å². The number of hydrogen-bond acceptors (Lipinski definition) is 2. The monoisotopic (exact) mass is 283 g/mol. The minimum absolute atomic E-state index is 0.110. The standard InChI is InChI=1S/C14H16F3N3/c1-3-6-20-9(2)12(8-19-20)11-5-4-10(7-13(11)18)14(15,16)17/h4-5,7-8H,3,6,18H2,1-2H3. The first-order valence-corrected chi connectivity index (χ1v) is 6.34. The molecule has 2 aromatic rings. The summed E-state index contributed by atoms with van der Waals surface area (Å²) in [5.41, 5.74) is 7.39. The number of anilines is 1. The lowest BCUT2D eigenvalue weighted by Gasteiger charge is -2.11. The van der Waals surface area contributed by atoms with Crippen LogP contribution in [0.4, 0.5) is 18.9 Å². The van der Waals surface area contributed by atoms with Gasteiger partial charge in [-0.05, 0) is 25.5 Å². The Labute approximate surface area is 115 Å². The highest BCUT2D eigenvalue weighted by Crippen LogP contribution is 2.35. The molecule has 0 spiro atoms. The first-order chi connectivity index (χ1) is 9.34. The van der Waals surface area contributed by atoms with E-state index in [2.05, 4.69) is 5.10 Å². The number of hydrogen-bond donors (Lipinski definition) is 1. The summed E-state index contributed by atoms with van der Waals surface area (Å²) < 4.78 is 39.7. The molecule has 0 bridgehead atoms. The second-order valence-electron chi connectivity index (χ2n) is 4.67. The van der Waals surface area contributed by atoms with Gasteiger partial charge in [-0.2, -0.15) is 18.3 Å². The van der Waals surface area contributed by atoms with Gasteiger partial charge in [0.25, 0.3) is 0 Å². The van der Waals surface area contributed by atoms with Crippen molar-refractivity contribution in [3.05, 3.63) is 35.7 Å². The topological polar surface area (TPSA) is 43.8 Å². The van der Waals surface area contributed by atoms with Crippen LogP contribution in [0.2, 0.25) is 0 Å². The van der Waals surface area contributed by atoms with E-state index in [4.69, 9.17) is 5.73 Å². The quantitative estimate of drug-likeness (QED) is 0.869. The number of benzene rings is 1. The largest absolute Gasteiger partial charge is 0.416 e. The van der Waals surface area contributed by atoms with Crippen LogP contribution >= 0.6 is 0 Å². The highest BCUT2D eigenvalue weighted by molar-refractivity contribution is 5.78. The fourth-order valence-electron chi connectivity index (χ4n) is 2.13. The molecule has 0 fully saturated rings. The van der Waals surface area contributed by atoms with Gasteiger partial charge in [-0.3, -0.25) is 4.68 Å². The van der Waals surface area contributed by atoms with Crippen LogP contribution in [0.15, 0.2) is 24.4 Å². The third kappa shape index (κ3) is 2.64. The summed E-state index contributed by atoms with van der Waals surface area (Å²) in [4.78, 5) is 0. The van der Waals surface area contributed by atoms with Gasteiger partial charge in [0.05, 0.1) is 11.8 Å². The van der Waals surface area contributed by atoms with Crippen molar-refractivity contribution in [2.24, 2.45) is 0 Å². The van der Waals surface area contributed by atoms with Gasteiger partial charge in [0.1, 0.15) is 0 Å². The lowest BCUT2D eigenvalue weighted by molar-refractivity contribution is -0.137. The molecule has 0 aliphatic heterocycles. The van der Waals surface area contributed by atoms with Crippen molar-refractivity contribution in [2.45, 2.75) is 33.0 Å². The Balaban J connectivity index is 2.44. The van der Waals surface area contributed by atoms with E-state index in [0.29, 0.717) is 5.56 Å². The lowest BCUT2D eigenvalue weighted by atomic mass is 10.0. The summed E-state index contributed by atoms with van der Waals surface area (Å²) in [5, 5.41) is 4.23. The van der Waals surface area contributed by atoms with Crippen molar-refractivity contribution in [1.29, 1.82) is 0 Å². The predicted molar refractivity (Wildman–Crippen MR) is 72.1 cm³/mol. The molecule has 3 nitrogen and oxygen atoms in total. The minimum Gasteiger partial charge on any atom is -0.398 e. The van der Waals surface area contributed by atoms with E-state index in [-0.39, 0.29) is 5.69 Å². The molecule has 1 aromatic carbocycles. The molecule has 2 rings (SSSR count). The number of rotatable bonds is 3. The van der Waals surface area contributed by atoms with Crippen LogP contribution in [-0.2, 0) is 12.7 Å². The summed E-state index contributed by atoms with van der Waals surface area (Å²) in [6.07, 6.45) is -1.80. The van der Waals surface area contributed by atoms with Gasteiger partial charge in [-0.25, -0.2) is 0 Å². The van der Waals surface area contributed by atoms with E-state index in [1.165, 1.54) is 6.07 Å². The third-order valence-corrected chi connectivity index (χ3v) is 3.21. The zero-order valence-electron chi connectivity index (χ0n) is 11.3. The van der Waals surface area contributed by atoms with Crippen LogP contribution in [0.25, 0.3) is 11.1 Å². The Kier molecular flexibility index (Phi) is 3.74. The summed E-state index contributed by atoms with van der Waals surface area (Å²) >= 11 is 0. The molecule has 20 heavy (non-hydrogen) atoms. The first kappa shape index (κ1) is 14.4. The Bertz CT molecular complexity index is 615. The molecule has 2 N–H and O–H groups in total. The fourth-order valence-corrected chi connectivity index (χ4v) is 2.13. The van der Waals surface area contributed by atoms with E-state index < -0.39 is 11.7 Å². The van der Waals surface area contributed by atoms with Crippen LogP contribution in [0.1, 0.15) is 24.6 Å². The number of aromatic nitrogens is 2. The molecule has 0 unspecified atom stereocenters. The zero-order chi connectivity index (χ0) is 14.9. The van der Waals surface area contributed by atoms with Crippen LogP contribution in [0, 0.1) is 6.92 Å². The van der Waals surface area contributed by atoms with Crippen molar-refractivity contribution < 1.29 is 13.2 Å². The van der Waals surface area contributed by atoms with Gasteiger partial charge < -0.3 is 5.73 Å². The molecule has 6 heteroatoms. The number of aryl methyl sites for hydroxylation is 1. The zero-order valence-corrected chi connectivity index (χ0v) is 11.3. The smallest absolute Gasteiger partial charge is 0.398 e. The Morgan fingerprint density at radius 3 is 2.50 bits per heavy atom. The molecule has 0 aliphatic rings. The molecule has 1 heterocycles. The molecular weight excluding hydrogens is 267 g/mol. The van der Waals surface area contributed by atoms with Gasteiger partial charge in [0, 0.05) is 29.1 Å². The molecule has 0 saturated heterocycles. The van der Waals surface area contributed by atoms with Crippen LogP contribution in [0.5, 0.6) is 0 Å². The molecule has 0 radical (unpaired) electrons. The van der Waals surface area contributed by atoms with Gasteiger partial charge >= 0.3 is 6.18 Å². The van der Waals surface area contributed by atoms with Crippen molar-refractivity contribution in [3.8, 4) is 11.1 Å². The number of nitrogen functional groups attached to an aromatic ring is 1. The van der Waals surface area contributed by atoms with E-state index in [1.54, 1.807) is 6.20 Å². The molecule has 0 atom stereocenters. The number of nitrogens with zero attached hydrogens (tertiary/aromatic N) is 2. The second kappa shape index (κ2) is 5.19. The summed E-state index contributed by atoms with van der Waals surface area (Å²) in [6.45, 7) is 4.69. The summed E-state index contributed by atoms with van der Waals surface area (Å²) in [6, 6.07) is 3.41. The van der Waals surface area contributed by atoms with Crippen LogP contribution in [-0.4, -0.2) is 9.78 Å². The maximum Gasteiger partial charge on any atom is 0.416 e. The van der Waals surface area contributed by atoms with Crippen molar-refractivity contribution in [1.82, 2.24) is 9.78 Å². The Hall–Kier alpha value is -1.98. The average molecular weight is 283 g/mol. The summed E-state index contributed by atoms with van der Waals surface area (Å²) in [5.74, 6) is 0. The Morgan fingerprint density at radius 1 is 1.25 bits per heavy atom. The van der Waals surface area contributed by atoms with Gasteiger partial charge in [0.2, 0.25) is 0 Å². The van der Waals surface area contributed by atoms with Crippen molar-refractivity contribution in [3.63, 3.8) is 0 Å². The van der Waals surface area contributed by atoms with E-state index in [1.807, 2.05) is 18.5 Å².